The minimum absolute atomic E-state index is 0.0409. The molecule has 3 heterocycles. The highest BCUT2D eigenvalue weighted by Gasteiger charge is 2.45. The zero-order valence-electron chi connectivity index (χ0n) is 17.5. The maximum Gasteiger partial charge on any atom is 0.297 e. The highest BCUT2D eigenvalue weighted by molar-refractivity contribution is 7.13. The molecule has 1 atom stereocenters. The van der Waals surface area contributed by atoms with E-state index >= 15 is 0 Å². The summed E-state index contributed by atoms with van der Waals surface area (Å²) in [5, 5.41) is 2.71. The first kappa shape index (κ1) is 20.3. The van der Waals surface area contributed by atoms with Crippen molar-refractivity contribution in [2.24, 2.45) is 0 Å². The number of para-hydroxylation sites is 1. The molecule has 2 aromatic carbocycles. The van der Waals surface area contributed by atoms with Gasteiger partial charge in [-0.2, -0.15) is 0 Å². The van der Waals surface area contributed by atoms with E-state index in [0.717, 1.165) is 6.42 Å². The van der Waals surface area contributed by atoms with E-state index < -0.39 is 11.9 Å². The lowest BCUT2D eigenvalue weighted by molar-refractivity contribution is 0.0971. The molecule has 2 aromatic heterocycles. The van der Waals surface area contributed by atoms with Crippen molar-refractivity contribution in [1.29, 1.82) is 0 Å². The van der Waals surface area contributed by atoms with Gasteiger partial charge in [-0.25, -0.2) is 4.98 Å². The Hall–Kier alpha value is -3.65. The number of aromatic nitrogens is 1. The highest BCUT2D eigenvalue weighted by Crippen LogP contribution is 2.43. The van der Waals surface area contributed by atoms with Gasteiger partial charge < -0.3 is 13.9 Å². The fourth-order valence-electron chi connectivity index (χ4n) is 3.95. The van der Waals surface area contributed by atoms with Gasteiger partial charge in [-0.05, 0) is 36.2 Å². The number of carbonyl (C=O) groups is 1. The molecule has 0 saturated carbocycles. The van der Waals surface area contributed by atoms with E-state index in [9.17, 15) is 9.59 Å². The van der Waals surface area contributed by atoms with E-state index in [1.807, 2.05) is 13.0 Å². The predicted molar refractivity (Wildman–Crippen MR) is 122 cm³/mol. The summed E-state index contributed by atoms with van der Waals surface area (Å²) in [7, 11) is 1.56. The van der Waals surface area contributed by atoms with Gasteiger partial charge in [0.25, 0.3) is 5.91 Å². The predicted octanol–water partition coefficient (Wildman–Crippen LogP) is 4.80. The largest absolute Gasteiger partial charge is 0.493 e. The Balaban J connectivity index is 1.73. The normalized spacial score (nSPS) is 15.2. The number of thiazole rings is 1. The van der Waals surface area contributed by atoms with Crippen molar-refractivity contribution >= 4 is 33.3 Å². The van der Waals surface area contributed by atoms with Gasteiger partial charge in [-0.15, -0.1) is 11.3 Å². The average molecular weight is 449 g/mol. The van der Waals surface area contributed by atoms with Gasteiger partial charge in [-0.1, -0.05) is 25.1 Å². The van der Waals surface area contributed by atoms with Crippen molar-refractivity contribution in [3.8, 4) is 11.5 Å². The number of carbonyl (C=O) groups excluding carboxylic acids is 1. The Morgan fingerprint density at radius 1 is 1.16 bits per heavy atom. The molecule has 1 aliphatic rings. The first-order chi connectivity index (χ1) is 15.6. The molecule has 4 aromatic rings. The molecule has 0 N–H and O–H groups in total. The summed E-state index contributed by atoms with van der Waals surface area (Å²) in [6.45, 7) is 2.58. The molecule has 0 aliphatic carbocycles. The van der Waals surface area contributed by atoms with E-state index in [1.54, 1.807) is 55.1 Å². The maximum atomic E-state index is 13.5. The summed E-state index contributed by atoms with van der Waals surface area (Å²) in [5.41, 5.74) is 1.15. The van der Waals surface area contributed by atoms with E-state index in [1.165, 1.54) is 16.2 Å². The zero-order valence-corrected chi connectivity index (χ0v) is 18.3. The third-order valence-electron chi connectivity index (χ3n) is 5.37. The first-order valence-corrected chi connectivity index (χ1v) is 11.1. The lowest BCUT2D eigenvalue weighted by atomic mass is 9.98. The molecule has 1 aliphatic heterocycles. The summed E-state index contributed by atoms with van der Waals surface area (Å²) in [4.78, 5) is 32.8. The summed E-state index contributed by atoms with van der Waals surface area (Å²) in [6.07, 6.45) is 2.49. The smallest absolute Gasteiger partial charge is 0.297 e. The van der Waals surface area contributed by atoms with Crippen LogP contribution in [0.2, 0.25) is 0 Å². The fourth-order valence-corrected chi connectivity index (χ4v) is 4.62. The fraction of sp³-hybridized carbons (Fsp3) is 0.208. The molecule has 7 nitrogen and oxygen atoms in total. The number of anilines is 1. The topological polar surface area (TPSA) is 81.9 Å². The summed E-state index contributed by atoms with van der Waals surface area (Å²) in [6, 6.07) is 11.7. The van der Waals surface area contributed by atoms with Crippen molar-refractivity contribution in [2.45, 2.75) is 19.4 Å². The second-order valence-electron chi connectivity index (χ2n) is 7.32. The van der Waals surface area contributed by atoms with E-state index in [-0.39, 0.29) is 11.2 Å². The Morgan fingerprint density at radius 3 is 2.75 bits per heavy atom. The van der Waals surface area contributed by atoms with Gasteiger partial charge in [0.05, 0.1) is 30.7 Å². The number of nitrogens with zero attached hydrogens (tertiary/aromatic N) is 2. The van der Waals surface area contributed by atoms with Crippen LogP contribution in [-0.4, -0.2) is 24.6 Å². The monoisotopic (exact) mass is 448 g/mol. The van der Waals surface area contributed by atoms with Crippen LogP contribution >= 0.6 is 11.3 Å². The van der Waals surface area contributed by atoms with Crippen LogP contribution < -0.4 is 19.8 Å². The molecule has 0 radical (unpaired) electrons. The van der Waals surface area contributed by atoms with Crippen molar-refractivity contribution in [2.75, 3.05) is 18.6 Å². The van der Waals surface area contributed by atoms with Gasteiger partial charge in [0.2, 0.25) is 5.76 Å². The van der Waals surface area contributed by atoms with Crippen LogP contribution in [0.4, 0.5) is 5.13 Å². The molecule has 0 spiro atoms. The Kier molecular flexibility index (Phi) is 5.14. The molecule has 1 amide bonds. The van der Waals surface area contributed by atoms with E-state index in [2.05, 4.69) is 4.98 Å². The average Bonchev–Trinajstić information content (AvgIpc) is 3.44. The van der Waals surface area contributed by atoms with Crippen molar-refractivity contribution in [1.82, 2.24) is 4.98 Å². The van der Waals surface area contributed by atoms with E-state index in [4.69, 9.17) is 13.9 Å². The third kappa shape index (κ3) is 3.15. The quantitative estimate of drug-likeness (QED) is 0.422. The Bertz CT molecular complexity index is 1360. The SMILES string of the molecule is CCCOc1ccc([C@H]2c3c(oc4ccccc4c3=O)C(=O)N2c2nccs2)cc1OC. The zero-order chi connectivity index (χ0) is 22.2. The standard InChI is InChI=1S/C24H20N2O5S/c1-3-11-30-17-9-8-14(13-18(17)29-2)20-19-21(27)15-6-4-5-7-16(15)31-22(19)23(28)26(20)24-25-10-12-32-24/h4-10,12-13,20H,3,11H2,1-2H3/t20-/m0/s1. The summed E-state index contributed by atoms with van der Waals surface area (Å²) in [5.74, 6) is 0.780. The molecular weight excluding hydrogens is 428 g/mol. The maximum absolute atomic E-state index is 13.5. The number of benzene rings is 2. The van der Waals surface area contributed by atoms with Crippen molar-refractivity contribution in [3.63, 3.8) is 0 Å². The number of hydrogen-bond donors (Lipinski definition) is 0. The molecule has 32 heavy (non-hydrogen) atoms. The molecule has 0 bridgehead atoms. The molecule has 5 rings (SSSR count). The van der Waals surface area contributed by atoms with Crippen LogP contribution in [0.25, 0.3) is 11.0 Å². The van der Waals surface area contributed by atoms with Gasteiger partial charge in [0.15, 0.2) is 22.1 Å². The number of hydrogen-bond acceptors (Lipinski definition) is 7. The van der Waals surface area contributed by atoms with Crippen LogP contribution in [0.1, 0.15) is 41.1 Å². The van der Waals surface area contributed by atoms with Crippen LogP contribution in [0.5, 0.6) is 11.5 Å². The minimum atomic E-state index is -0.696. The van der Waals surface area contributed by atoms with Gasteiger partial charge >= 0.3 is 0 Å². The number of ether oxygens (including phenoxy) is 2. The molecule has 8 heteroatoms. The second kappa shape index (κ2) is 8.12. The van der Waals surface area contributed by atoms with Crippen molar-refractivity contribution in [3.05, 3.63) is 81.2 Å². The lowest BCUT2D eigenvalue weighted by Gasteiger charge is -2.23. The molecule has 0 saturated heterocycles. The van der Waals surface area contributed by atoms with Gasteiger partial charge in [0, 0.05) is 11.6 Å². The molecule has 0 fully saturated rings. The number of methoxy groups -OCH3 is 1. The van der Waals surface area contributed by atoms with Crippen molar-refractivity contribution < 1.29 is 18.7 Å². The molecule has 0 unspecified atom stereocenters. The second-order valence-corrected chi connectivity index (χ2v) is 8.19. The van der Waals surface area contributed by atoms with Crippen LogP contribution in [0.3, 0.4) is 0 Å². The minimum Gasteiger partial charge on any atom is -0.493 e. The van der Waals surface area contributed by atoms with Gasteiger partial charge in [-0.3, -0.25) is 14.5 Å². The number of amides is 1. The molecule has 162 valence electrons. The number of fused-ring (bicyclic) bond motifs is 2. The summed E-state index contributed by atoms with van der Waals surface area (Å²) >= 11 is 1.32. The third-order valence-corrected chi connectivity index (χ3v) is 6.14. The summed E-state index contributed by atoms with van der Waals surface area (Å²) < 4.78 is 17.3. The highest BCUT2D eigenvalue weighted by atomic mass is 32.1. The Labute approximate surface area is 187 Å². The number of rotatable bonds is 6. The first-order valence-electron chi connectivity index (χ1n) is 10.2. The van der Waals surface area contributed by atoms with Crippen LogP contribution in [0, 0.1) is 0 Å². The Morgan fingerprint density at radius 2 is 2.00 bits per heavy atom. The van der Waals surface area contributed by atoms with Gasteiger partial charge in [0.1, 0.15) is 5.58 Å². The van der Waals surface area contributed by atoms with Crippen LogP contribution in [0.15, 0.2) is 63.3 Å². The van der Waals surface area contributed by atoms with Crippen LogP contribution in [-0.2, 0) is 0 Å². The van der Waals surface area contributed by atoms with E-state index in [0.29, 0.717) is 45.3 Å². The molecular formula is C24H20N2O5S. The lowest BCUT2D eigenvalue weighted by Crippen LogP contribution is -2.29.